The third-order valence-corrected chi connectivity index (χ3v) is 3.10. The molecule has 2 rings (SSSR count). The van der Waals surface area contributed by atoms with E-state index in [4.69, 9.17) is 9.84 Å². The van der Waals surface area contributed by atoms with E-state index in [1.807, 2.05) is 0 Å². The number of nitrogens with one attached hydrogen (secondary N) is 2. The Bertz CT molecular complexity index is 428. The molecule has 1 aromatic carbocycles. The van der Waals surface area contributed by atoms with Crippen LogP contribution in [-0.4, -0.2) is 37.3 Å². The fourth-order valence-electron chi connectivity index (χ4n) is 2.15. The fraction of sp³-hybridized carbons (Fsp3) is 0.462. The lowest BCUT2D eigenvalue weighted by molar-refractivity contribution is 0.0697. The molecule has 18 heavy (non-hydrogen) atoms. The number of anilines is 1. The van der Waals surface area contributed by atoms with Gasteiger partial charge in [0.1, 0.15) is 5.75 Å². The van der Waals surface area contributed by atoms with Crippen LogP contribution in [0.15, 0.2) is 18.2 Å². The van der Waals surface area contributed by atoms with Crippen LogP contribution >= 0.6 is 0 Å². The molecule has 0 radical (unpaired) electrons. The largest absolute Gasteiger partial charge is 0.495 e. The minimum Gasteiger partial charge on any atom is -0.495 e. The summed E-state index contributed by atoms with van der Waals surface area (Å²) in [6.45, 7) is 1.94. The maximum Gasteiger partial charge on any atom is 0.335 e. The molecule has 1 saturated heterocycles. The van der Waals surface area contributed by atoms with Gasteiger partial charge in [0.25, 0.3) is 0 Å². The van der Waals surface area contributed by atoms with E-state index in [9.17, 15) is 4.79 Å². The van der Waals surface area contributed by atoms with E-state index in [0.29, 0.717) is 11.8 Å². The minimum atomic E-state index is -0.928. The number of benzene rings is 1. The van der Waals surface area contributed by atoms with Gasteiger partial charge in [0.05, 0.1) is 18.4 Å². The van der Waals surface area contributed by atoms with Crippen molar-refractivity contribution in [3.63, 3.8) is 0 Å². The van der Waals surface area contributed by atoms with E-state index in [1.165, 1.54) is 0 Å². The summed E-state index contributed by atoms with van der Waals surface area (Å²) in [5, 5.41) is 15.7. The number of rotatable bonds is 4. The van der Waals surface area contributed by atoms with Crippen molar-refractivity contribution in [1.29, 1.82) is 0 Å². The number of carbonyl (C=O) groups is 1. The Balaban J connectivity index is 2.17. The van der Waals surface area contributed by atoms with Gasteiger partial charge in [0.15, 0.2) is 0 Å². The Kier molecular flexibility index (Phi) is 4.04. The van der Waals surface area contributed by atoms with Crippen molar-refractivity contribution in [3.8, 4) is 5.75 Å². The summed E-state index contributed by atoms with van der Waals surface area (Å²) in [5.74, 6) is -0.256. The molecular formula is C13H18N2O3. The van der Waals surface area contributed by atoms with Gasteiger partial charge in [-0.2, -0.15) is 0 Å². The van der Waals surface area contributed by atoms with Gasteiger partial charge in [-0.25, -0.2) is 4.79 Å². The number of aromatic carboxylic acids is 1. The highest BCUT2D eigenvalue weighted by Crippen LogP contribution is 2.27. The van der Waals surface area contributed by atoms with Crippen molar-refractivity contribution in [2.24, 2.45) is 0 Å². The summed E-state index contributed by atoms with van der Waals surface area (Å²) >= 11 is 0. The second kappa shape index (κ2) is 5.73. The average molecular weight is 250 g/mol. The highest BCUT2D eigenvalue weighted by Gasteiger charge is 2.15. The molecule has 0 aliphatic carbocycles. The quantitative estimate of drug-likeness (QED) is 0.756. The highest BCUT2D eigenvalue weighted by molar-refractivity contribution is 5.89. The first-order valence-electron chi connectivity index (χ1n) is 6.09. The zero-order valence-corrected chi connectivity index (χ0v) is 10.4. The van der Waals surface area contributed by atoms with E-state index in [2.05, 4.69) is 10.6 Å². The molecular weight excluding hydrogens is 232 g/mol. The highest BCUT2D eigenvalue weighted by atomic mass is 16.5. The van der Waals surface area contributed by atoms with E-state index < -0.39 is 5.97 Å². The maximum atomic E-state index is 11.0. The van der Waals surface area contributed by atoms with Gasteiger partial charge in [0, 0.05) is 12.6 Å². The topological polar surface area (TPSA) is 70.6 Å². The smallest absolute Gasteiger partial charge is 0.335 e. The Morgan fingerprint density at radius 2 is 2.39 bits per heavy atom. The third-order valence-electron chi connectivity index (χ3n) is 3.10. The molecule has 0 saturated carbocycles. The summed E-state index contributed by atoms with van der Waals surface area (Å²) in [7, 11) is 1.58. The summed E-state index contributed by atoms with van der Waals surface area (Å²) in [4.78, 5) is 11.0. The lowest BCUT2D eigenvalue weighted by Gasteiger charge is -2.25. The van der Waals surface area contributed by atoms with Crippen molar-refractivity contribution in [3.05, 3.63) is 23.8 Å². The molecule has 0 spiro atoms. The van der Waals surface area contributed by atoms with Gasteiger partial charge in [-0.05, 0) is 37.6 Å². The fourth-order valence-corrected chi connectivity index (χ4v) is 2.15. The van der Waals surface area contributed by atoms with Gasteiger partial charge in [-0.3, -0.25) is 0 Å². The predicted octanol–water partition coefficient (Wildman–Crippen LogP) is 1.56. The van der Waals surface area contributed by atoms with Crippen LogP contribution in [0.25, 0.3) is 0 Å². The summed E-state index contributed by atoms with van der Waals surface area (Å²) < 4.78 is 5.25. The normalized spacial score (nSPS) is 19.3. The van der Waals surface area contributed by atoms with Gasteiger partial charge < -0.3 is 20.5 Å². The lowest BCUT2D eigenvalue weighted by atomic mass is 10.1. The number of piperidine rings is 1. The predicted molar refractivity (Wildman–Crippen MR) is 69.5 cm³/mol. The standard InChI is InChI=1S/C13H18N2O3/c1-18-12-5-4-9(13(16)17)7-11(12)15-10-3-2-6-14-8-10/h4-5,7,10,14-15H,2-3,6,8H2,1H3,(H,16,17). The lowest BCUT2D eigenvalue weighted by Crippen LogP contribution is -2.38. The van der Waals surface area contributed by atoms with Crippen molar-refractivity contribution in [2.75, 3.05) is 25.5 Å². The molecule has 0 bridgehead atoms. The zero-order valence-electron chi connectivity index (χ0n) is 10.4. The number of ether oxygens (including phenoxy) is 1. The van der Waals surface area contributed by atoms with Crippen molar-refractivity contribution < 1.29 is 14.6 Å². The molecule has 1 unspecified atom stereocenters. The van der Waals surface area contributed by atoms with Gasteiger partial charge in [-0.1, -0.05) is 0 Å². The number of carboxylic acids is 1. The van der Waals surface area contributed by atoms with Crippen molar-refractivity contribution in [1.82, 2.24) is 5.32 Å². The molecule has 1 aliphatic rings. The molecule has 1 fully saturated rings. The van der Waals surface area contributed by atoms with E-state index >= 15 is 0 Å². The summed E-state index contributed by atoms with van der Waals surface area (Å²) in [6.07, 6.45) is 2.20. The van der Waals surface area contributed by atoms with Crippen LogP contribution < -0.4 is 15.4 Å². The molecule has 5 heteroatoms. The van der Waals surface area contributed by atoms with E-state index in [1.54, 1.807) is 25.3 Å². The molecule has 0 amide bonds. The van der Waals surface area contributed by atoms with Crippen LogP contribution in [0.3, 0.4) is 0 Å². The van der Waals surface area contributed by atoms with Gasteiger partial charge in [0.2, 0.25) is 0 Å². The number of hydrogen-bond donors (Lipinski definition) is 3. The summed E-state index contributed by atoms with van der Waals surface area (Å²) in [6, 6.07) is 5.17. The molecule has 1 aliphatic heterocycles. The molecule has 3 N–H and O–H groups in total. The molecule has 1 heterocycles. The van der Waals surface area contributed by atoms with Gasteiger partial charge in [-0.15, -0.1) is 0 Å². The zero-order chi connectivity index (χ0) is 13.0. The average Bonchev–Trinajstić information content (AvgIpc) is 2.39. The van der Waals surface area contributed by atoms with Crippen LogP contribution in [0, 0.1) is 0 Å². The first kappa shape index (κ1) is 12.7. The molecule has 5 nitrogen and oxygen atoms in total. The second-order valence-corrected chi connectivity index (χ2v) is 4.41. The minimum absolute atomic E-state index is 0.266. The summed E-state index contributed by atoms with van der Waals surface area (Å²) in [5.41, 5.74) is 1.01. The first-order chi connectivity index (χ1) is 8.70. The van der Waals surface area contributed by atoms with Crippen molar-refractivity contribution in [2.45, 2.75) is 18.9 Å². The van der Waals surface area contributed by atoms with Crippen LogP contribution in [0.2, 0.25) is 0 Å². The Labute approximate surface area is 106 Å². The van der Waals surface area contributed by atoms with E-state index in [0.717, 1.165) is 31.6 Å². The molecule has 1 atom stereocenters. The van der Waals surface area contributed by atoms with Crippen molar-refractivity contribution >= 4 is 11.7 Å². The third kappa shape index (κ3) is 2.92. The molecule has 1 aromatic rings. The number of carboxylic acid groups (broad SMARTS) is 1. The Hall–Kier alpha value is -1.75. The Morgan fingerprint density at radius 1 is 1.56 bits per heavy atom. The van der Waals surface area contributed by atoms with Crippen LogP contribution in [0.4, 0.5) is 5.69 Å². The van der Waals surface area contributed by atoms with Crippen LogP contribution in [0.1, 0.15) is 23.2 Å². The van der Waals surface area contributed by atoms with Gasteiger partial charge >= 0.3 is 5.97 Å². The number of methoxy groups -OCH3 is 1. The maximum absolute atomic E-state index is 11.0. The second-order valence-electron chi connectivity index (χ2n) is 4.41. The monoisotopic (exact) mass is 250 g/mol. The van der Waals surface area contributed by atoms with E-state index in [-0.39, 0.29) is 5.56 Å². The van der Waals surface area contributed by atoms with Crippen LogP contribution in [-0.2, 0) is 0 Å². The Morgan fingerprint density at radius 3 is 3.00 bits per heavy atom. The number of hydrogen-bond acceptors (Lipinski definition) is 4. The first-order valence-corrected chi connectivity index (χ1v) is 6.09. The SMILES string of the molecule is COc1ccc(C(=O)O)cc1NC1CCCNC1. The van der Waals surface area contributed by atoms with Crippen LogP contribution in [0.5, 0.6) is 5.75 Å². The molecule has 98 valence electrons. The molecule has 0 aromatic heterocycles.